The van der Waals surface area contributed by atoms with E-state index in [1.807, 2.05) is 18.2 Å². The molecule has 11 heteroatoms. The number of fused-ring (bicyclic) bond motifs is 6. The molecule has 0 spiro atoms. The Hall–Kier alpha value is -5.80. The molecule has 10 rings (SSSR count). The third-order valence-electron chi connectivity index (χ3n) is 13.6. The first kappa shape index (κ1) is 35.6. The number of rotatable bonds is 4. The predicted molar refractivity (Wildman–Crippen MR) is 274 cm³/mol. The summed E-state index contributed by atoms with van der Waals surface area (Å²) in [6.07, 6.45) is 0. The highest BCUT2D eigenvalue weighted by atomic mass is 16.3. The van der Waals surface area contributed by atoms with Gasteiger partial charge in [-0.15, -0.1) is 27.3 Å². The molecule has 2 heterocycles. The zero-order valence-electron chi connectivity index (χ0n) is 34.3. The minimum absolute atomic E-state index is 0.876. The molecule has 0 saturated carbocycles. The van der Waals surface area contributed by atoms with Crippen LogP contribution in [0.3, 0.4) is 0 Å². The van der Waals surface area contributed by atoms with Crippen molar-refractivity contribution in [2.45, 2.75) is 0 Å². The van der Waals surface area contributed by atoms with Crippen LogP contribution in [-0.2, 0) is 0 Å². The lowest BCUT2D eigenvalue weighted by Gasteiger charge is -2.28. The molecule has 0 aliphatic rings. The Balaban J connectivity index is 1.24. The summed E-state index contributed by atoms with van der Waals surface area (Å²) < 4.78 is 13.0. The van der Waals surface area contributed by atoms with Crippen molar-refractivity contribution >= 4 is 174 Å². The zero-order valence-corrected chi connectivity index (χ0v) is 34.3. The number of benzene rings is 8. The van der Waals surface area contributed by atoms with Gasteiger partial charge in [-0.05, 0) is 91.3 Å². The molecule has 260 valence electrons. The highest BCUT2D eigenvalue weighted by molar-refractivity contribution is 6.71. The summed E-state index contributed by atoms with van der Waals surface area (Å²) in [4.78, 5) is 0. The monoisotopic (exact) mass is 720 g/mol. The standard InChI is InChI=1S/C46H37B9O2/c47-38-35-33(24-9-4-5-10-25(24)34(36(35)39(48)43(52)42(38)51)37-40(49)44(53)46(55)45(54)41(37)50)27-11-6-12-29-32(27)26-15-13-22(18-31(26)57-29)21-14-16-28-23(17-21)19-30(56-28)20-7-2-1-3-8-20/h1-19H,47-55H2. The van der Waals surface area contributed by atoms with E-state index in [1.54, 1.807) is 0 Å². The molecular weight excluding hydrogens is 682 g/mol. The maximum atomic E-state index is 6.79. The van der Waals surface area contributed by atoms with E-state index in [9.17, 15) is 0 Å². The van der Waals surface area contributed by atoms with E-state index in [0.29, 0.717) is 0 Å². The van der Waals surface area contributed by atoms with Gasteiger partial charge in [0.1, 0.15) is 93.1 Å². The fraction of sp³-hybridized carbons (Fsp3) is 0. The molecule has 0 unspecified atom stereocenters. The Morgan fingerprint density at radius 3 is 1.60 bits per heavy atom. The smallest absolute Gasteiger partial charge is 0.139 e. The highest BCUT2D eigenvalue weighted by Gasteiger charge is 2.26. The van der Waals surface area contributed by atoms with Gasteiger partial charge in [0, 0.05) is 21.7 Å². The normalized spacial score (nSPS) is 11.8. The van der Waals surface area contributed by atoms with E-state index in [0.717, 1.165) is 55.4 Å². The van der Waals surface area contributed by atoms with Crippen LogP contribution in [0.5, 0.6) is 0 Å². The Bertz CT molecular complexity index is 3320. The maximum Gasteiger partial charge on any atom is 0.139 e. The highest BCUT2D eigenvalue weighted by Crippen LogP contribution is 2.46. The molecule has 0 amide bonds. The molecule has 0 radical (unpaired) electrons. The van der Waals surface area contributed by atoms with Gasteiger partial charge in [-0.3, -0.25) is 0 Å². The van der Waals surface area contributed by atoms with Crippen LogP contribution in [0.25, 0.3) is 99.2 Å². The van der Waals surface area contributed by atoms with Crippen molar-refractivity contribution in [2.75, 3.05) is 0 Å². The molecule has 0 saturated heterocycles. The van der Waals surface area contributed by atoms with E-state index in [4.69, 9.17) is 8.83 Å². The number of furan rings is 2. The SMILES string of the molecule is Bc1c(B)c(B)c(-c2c3ccccc3c(-c3cccc4oc5cc(-c6ccc7oc(-c8ccccc8)cc7c6)ccc5c34)c3c(B)c(B)c(B)c(B)c23)c(B)c1B. The van der Waals surface area contributed by atoms with Crippen molar-refractivity contribution < 1.29 is 8.83 Å². The van der Waals surface area contributed by atoms with Crippen molar-refractivity contribution in [1.29, 1.82) is 0 Å². The minimum atomic E-state index is 0.876. The molecule has 0 fully saturated rings. The van der Waals surface area contributed by atoms with E-state index in [1.165, 1.54) is 93.0 Å². The van der Waals surface area contributed by atoms with Gasteiger partial charge in [0.25, 0.3) is 0 Å². The van der Waals surface area contributed by atoms with Gasteiger partial charge in [-0.25, -0.2) is 0 Å². The fourth-order valence-electron chi connectivity index (χ4n) is 9.72. The molecule has 8 aromatic carbocycles. The molecule has 0 N–H and O–H groups in total. The average Bonchev–Trinajstić information content (AvgIpc) is 3.85. The number of hydrogen-bond donors (Lipinski definition) is 0. The Labute approximate surface area is 341 Å². The summed E-state index contributed by atoms with van der Waals surface area (Å²) in [5.41, 5.74) is 23.5. The topological polar surface area (TPSA) is 26.3 Å². The van der Waals surface area contributed by atoms with Gasteiger partial charge in [-0.1, -0.05) is 101 Å². The lowest BCUT2D eigenvalue weighted by atomic mass is 9.58. The summed E-state index contributed by atoms with van der Waals surface area (Å²) in [6, 6.07) is 41.3. The molecule has 0 aliphatic carbocycles. The van der Waals surface area contributed by atoms with Crippen LogP contribution in [0.2, 0.25) is 0 Å². The Kier molecular flexibility index (Phi) is 8.20. The van der Waals surface area contributed by atoms with Crippen LogP contribution < -0.4 is 49.2 Å². The van der Waals surface area contributed by atoms with Gasteiger partial charge in [-0.2, -0.15) is 0 Å². The molecule has 0 atom stereocenters. The van der Waals surface area contributed by atoms with Gasteiger partial charge in [0.05, 0.1) is 0 Å². The van der Waals surface area contributed by atoms with Crippen molar-refractivity contribution in [3.05, 3.63) is 115 Å². The predicted octanol–water partition coefficient (Wildman–Crippen LogP) is -2.37. The number of hydrogen-bond acceptors (Lipinski definition) is 2. The molecular formula is C46H37B9O2. The Morgan fingerprint density at radius 2 is 0.895 bits per heavy atom. The van der Waals surface area contributed by atoms with Crippen LogP contribution in [0, 0.1) is 0 Å². The molecule has 0 bridgehead atoms. The first-order valence-corrected chi connectivity index (χ1v) is 20.1. The third kappa shape index (κ3) is 5.24. The van der Waals surface area contributed by atoms with E-state index in [2.05, 4.69) is 168 Å². The minimum Gasteiger partial charge on any atom is -0.456 e. The second-order valence-electron chi connectivity index (χ2n) is 16.3. The second-order valence-corrected chi connectivity index (χ2v) is 16.3. The van der Waals surface area contributed by atoms with Crippen molar-refractivity contribution in [1.82, 2.24) is 0 Å². The van der Waals surface area contributed by atoms with E-state index < -0.39 is 0 Å². The first-order chi connectivity index (χ1) is 27.5. The molecule has 2 nitrogen and oxygen atoms in total. The second kappa shape index (κ2) is 13.1. The summed E-state index contributed by atoms with van der Waals surface area (Å²) in [5.74, 6) is 0.876. The van der Waals surface area contributed by atoms with Gasteiger partial charge < -0.3 is 8.83 Å². The van der Waals surface area contributed by atoms with Crippen molar-refractivity contribution in [3.8, 4) is 44.7 Å². The summed E-state index contributed by atoms with van der Waals surface area (Å²) >= 11 is 0. The molecule has 10 aromatic rings. The van der Waals surface area contributed by atoms with Crippen LogP contribution in [0.1, 0.15) is 0 Å². The third-order valence-corrected chi connectivity index (χ3v) is 13.6. The quantitative estimate of drug-likeness (QED) is 0.151. The zero-order chi connectivity index (χ0) is 39.4. The van der Waals surface area contributed by atoms with E-state index >= 15 is 0 Å². The first-order valence-electron chi connectivity index (χ1n) is 20.1. The Morgan fingerprint density at radius 1 is 0.316 bits per heavy atom. The maximum absolute atomic E-state index is 6.79. The summed E-state index contributed by atoms with van der Waals surface area (Å²) in [7, 11) is 20.8. The van der Waals surface area contributed by atoms with Gasteiger partial charge in [0.15, 0.2) is 0 Å². The summed E-state index contributed by atoms with van der Waals surface area (Å²) in [6.45, 7) is 0. The van der Waals surface area contributed by atoms with Crippen LogP contribution in [0.4, 0.5) is 0 Å². The van der Waals surface area contributed by atoms with Gasteiger partial charge in [0.2, 0.25) is 0 Å². The van der Waals surface area contributed by atoms with Crippen molar-refractivity contribution in [3.63, 3.8) is 0 Å². The average molecular weight is 719 g/mol. The summed E-state index contributed by atoms with van der Waals surface area (Å²) in [5, 5.41) is 8.60. The molecule has 2 aromatic heterocycles. The lowest BCUT2D eigenvalue weighted by molar-refractivity contribution is 0.631. The molecule has 0 aliphatic heterocycles. The van der Waals surface area contributed by atoms with E-state index in [-0.39, 0.29) is 0 Å². The fourth-order valence-corrected chi connectivity index (χ4v) is 9.72. The van der Waals surface area contributed by atoms with Gasteiger partial charge >= 0.3 is 0 Å². The lowest BCUT2D eigenvalue weighted by Crippen LogP contribution is -2.55. The van der Waals surface area contributed by atoms with Crippen LogP contribution in [-0.4, -0.2) is 70.6 Å². The van der Waals surface area contributed by atoms with Crippen molar-refractivity contribution in [2.24, 2.45) is 0 Å². The van der Waals surface area contributed by atoms with Crippen LogP contribution in [0.15, 0.2) is 124 Å². The molecule has 57 heavy (non-hydrogen) atoms. The van der Waals surface area contributed by atoms with Crippen LogP contribution >= 0.6 is 0 Å². The largest absolute Gasteiger partial charge is 0.456 e.